The summed E-state index contributed by atoms with van der Waals surface area (Å²) in [6.07, 6.45) is 10.8. The minimum Gasteiger partial charge on any atom is -0.385 e. The Kier molecular flexibility index (Phi) is 10.3. The largest absolute Gasteiger partial charge is 0.385 e. The van der Waals surface area contributed by atoms with Crippen molar-refractivity contribution in [1.82, 2.24) is 10.6 Å². The van der Waals surface area contributed by atoms with Crippen LogP contribution in [-0.4, -0.2) is 45.9 Å². The van der Waals surface area contributed by atoms with Crippen LogP contribution in [-0.2, 0) is 11.3 Å². The Hall–Kier alpha value is -1.28. The van der Waals surface area contributed by atoms with Crippen LogP contribution in [0.15, 0.2) is 41.4 Å². The molecule has 1 aliphatic carbocycles. The Morgan fingerprint density at radius 2 is 1.79 bits per heavy atom. The van der Waals surface area contributed by atoms with Gasteiger partial charge in [-0.2, -0.15) is 0 Å². The van der Waals surface area contributed by atoms with Crippen LogP contribution >= 0.6 is 24.0 Å². The average Bonchev–Trinajstić information content (AvgIpc) is 3.42. The maximum atomic E-state index is 5.35. The summed E-state index contributed by atoms with van der Waals surface area (Å²) < 4.78 is 5.35. The second kappa shape index (κ2) is 12.4. The zero-order chi connectivity index (χ0) is 19.7. The Bertz CT molecular complexity index is 645. The first-order valence-corrected chi connectivity index (χ1v) is 10.7. The van der Waals surface area contributed by atoms with Crippen LogP contribution in [0.1, 0.15) is 44.6 Å². The van der Waals surface area contributed by atoms with Crippen LogP contribution in [0.4, 0.5) is 5.69 Å². The van der Waals surface area contributed by atoms with Gasteiger partial charge in [-0.05, 0) is 49.3 Å². The van der Waals surface area contributed by atoms with Crippen LogP contribution in [0.2, 0.25) is 0 Å². The molecule has 2 aliphatic rings. The molecule has 0 bridgehead atoms. The minimum absolute atomic E-state index is 0. The van der Waals surface area contributed by atoms with E-state index in [0.29, 0.717) is 12.0 Å². The number of benzene rings is 1. The van der Waals surface area contributed by atoms with E-state index in [1.165, 1.54) is 36.9 Å². The lowest BCUT2D eigenvalue weighted by atomic mass is 9.83. The van der Waals surface area contributed by atoms with Crippen molar-refractivity contribution in [2.75, 3.05) is 44.8 Å². The highest BCUT2D eigenvalue weighted by Gasteiger charge is 2.33. The number of aliphatic imine (C=N–C) groups is 1. The highest BCUT2D eigenvalue weighted by Crippen LogP contribution is 2.40. The fourth-order valence-corrected chi connectivity index (χ4v) is 4.24. The smallest absolute Gasteiger partial charge is 0.191 e. The number of nitrogens with zero attached hydrogens (tertiary/aromatic N) is 2. The van der Waals surface area contributed by atoms with E-state index in [2.05, 4.69) is 58.9 Å². The third-order valence-corrected chi connectivity index (χ3v) is 6.02. The number of halogens is 1. The summed E-state index contributed by atoms with van der Waals surface area (Å²) in [5.74, 6) is 0.916. The topological polar surface area (TPSA) is 48.9 Å². The molecular weight excluding hydrogens is 475 g/mol. The van der Waals surface area contributed by atoms with Gasteiger partial charge in [0.15, 0.2) is 5.96 Å². The van der Waals surface area contributed by atoms with Crippen molar-refractivity contribution >= 4 is 35.6 Å². The molecule has 2 N–H and O–H groups in total. The molecule has 0 saturated heterocycles. The van der Waals surface area contributed by atoms with E-state index >= 15 is 0 Å². The molecule has 6 heteroatoms. The van der Waals surface area contributed by atoms with Crippen LogP contribution in [0.3, 0.4) is 0 Å². The predicted octanol–water partition coefficient (Wildman–Crippen LogP) is 4.33. The van der Waals surface area contributed by atoms with Crippen LogP contribution < -0.4 is 15.5 Å². The summed E-state index contributed by atoms with van der Waals surface area (Å²) in [4.78, 5) is 7.18. The molecule has 1 heterocycles. The van der Waals surface area contributed by atoms with Gasteiger partial charge < -0.3 is 20.3 Å². The number of ether oxygens (including phenoxy) is 1. The number of anilines is 1. The van der Waals surface area contributed by atoms with Crippen molar-refractivity contribution in [3.63, 3.8) is 0 Å². The number of hydrogen-bond donors (Lipinski definition) is 2. The van der Waals surface area contributed by atoms with E-state index in [0.717, 1.165) is 45.2 Å². The first-order valence-electron chi connectivity index (χ1n) is 10.7. The molecule has 3 rings (SSSR count). The van der Waals surface area contributed by atoms with Crippen molar-refractivity contribution in [3.05, 3.63) is 42.0 Å². The second-order valence-corrected chi connectivity index (χ2v) is 8.04. The van der Waals surface area contributed by atoms with Gasteiger partial charge in [0.05, 0.1) is 6.54 Å². The van der Waals surface area contributed by atoms with Gasteiger partial charge in [-0.3, -0.25) is 0 Å². The third-order valence-electron chi connectivity index (χ3n) is 6.02. The highest BCUT2D eigenvalue weighted by molar-refractivity contribution is 14.0. The molecule has 1 aromatic rings. The zero-order valence-electron chi connectivity index (χ0n) is 18.0. The Labute approximate surface area is 193 Å². The van der Waals surface area contributed by atoms with E-state index in [1.54, 1.807) is 7.11 Å². The molecule has 0 radical (unpaired) electrons. The molecular formula is C23H37IN4O. The Balaban J connectivity index is 0.00000300. The SMILES string of the molecule is CCNC(=NCc1ccc(N2CC=CC2)cc1)NCC1(CCOC)CCCC1.I. The molecule has 5 nitrogen and oxygen atoms in total. The maximum absolute atomic E-state index is 5.35. The first-order chi connectivity index (χ1) is 13.7. The standard InChI is InChI=1S/C23H36N4O.HI/c1-3-24-22(26-19-23(14-17-28-2)12-4-5-13-23)25-18-20-8-10-21(11-9-20)27-15-6-7-16-27;/h6-11H,3-5,12-19H2,1-2H3,(H2,24,25,26);1H. The molecule has 0 aromatic heterocycles. The molecule has 0 amide bonds. The number of guanidine groups is 1. The lowest BCUT2D eigenvalue weighted by molar-refractivity contribution is 0.138. The normalized spacial score (nSPS) is 18.0. The highest BCUT2D eigenvalue weighted by atomic mass is 127. The van der Waals surface area contributed by atoms with Crippen molar-refractivity contribution in [2.45, 2.75) is 45.6 Å². The van der Waals surface area contributed by atoms with Crippen LogP contribution in [0.5, 0.6) is 0 Å². The fourth-order valence-electron chi connectivity index (χ4n) is 4.24. The molecule has 29 heavy (non-hydrogen) atoms. The van der Waals surface area contributed by atoms with Crippen molar-refractivity contribution in [3.8, 4) is 0 Å². The molecule has 0 atom stereocenters. The van der Waals surface area contributed by atoms with E-state index in [1.807, 2.05) is 0 Å². The summed E-state index contributed by atoms with van der Waals surface area (Å²) >= 11 is 0. The Morgan fingerprint density at radius 3 is 2.41 bits per heavy atom. The van der Waals surface area contributed by atoms with E-state index in [-0.39, 0.29) is 24.0 Å². The van der Waals surface area contributed by atoms with Gasteiger partial charge in [0.1, 0.15) is 0 Å². The molecule has 0 unspecified atom stereocenters. The number of methoxy groups -OCH3 is 1. The van der Waals surface area contributed by atoms with Gasteiger partial charge in [0, 0.05) is 45.6 Å². The van der Waals surface area contributed by atoms with Gasteiger partial charge in [-0.1, -0.05) is 37.1 Å². The summed E-state index contributed by atoms with van der Waals surface area (Å²) in [5, 5.41) is 7.00. The number of hydrogen-bond acceptors (Lipinski definition) is 3. The monoisotopic (exact) mass is 512 g/mol. The average molecular weight is 512 g/mol. The van der Waals surface area contributed by atoms with Crippen molar-refractivity contribution < 1.29 is 4.74 Å². The second-order valence-electron chi connectivity index (χ2n) is 8.04. The van der Waals surface area contributed by atoms with E-state index in [4.69, 9.17) is 9.73 Å². The first kappa shape index (κ1) is 24.0. The molecule has 0 spiro atoms. The molecule has 1 saturated carbocycles. The van der Waals surface area contributed by atoms with Gasteiger partial charge in [0.25, 0.3) is 0 Å². The Morgan fingerprint density at radius 1 is 1.10 bits per heavy atom. The number of nitrogens with one attached hydrogen (secondary N) is 2. The van der Waals surface area contributed by atoms with Crippen LogP contribution in [0.25, 0.3) is 0 Å². The van der Waals surface area contributed by atoms with E-state index in [9.17, 15) is 0 Å². The molecule has 1 fully saturated rings. The summed E-state index contributed by atoms with van der Waals surface area (Å²) in [6, 6.07) is 8.79. The third kappa shape index (κ3) is 7.17. The fraction of sp³-hybridized carbons (Fsp3) is 0.609. The van der Waals surface area contributed by atoms with Crippen molar-refractivity contribution in [1.29, 1.82) is 0 Å². The summed E-state index contributed by atoms with van der Waals surface area (Å²) in [7, 11) is 1.80. The quantitative estimate of drug-likeness (QED) is 0.224. The van der Waals surface area contributed by atoms with E-state index < -0.39 is 0 Å². The van der Waals surface area contributed by atoms with Crippen molar-refractivity contribution in [2.24, 2.45) is 10.4 Å². The predicted molar refractivity (Wildman–Crippen MR) is 133 cm³/mol. The van der Waals surface area contributed by atoms with Crippen LogP contribution in [0, 0.1) is 5.41 Å². The molecule has 162 valence electrons. The molecule has 1 aromatic carbocycles. The maximum Gasteiger partial charge on any atom is 0.191 e. The summed E-state index contributed by atoms with van der Waals surface area (Å²) in [5.41, 5.74) is 2.88. The summed E-state index contributed by atoms with van der Waals surface area (Å²) in [6.45, 7) is 7.52. The van der Waals surface area contributed by atoms with Gasteiger partial charge in [0.2, 0.25) is 0 Å². The number of rotatable bonds is 9. The lowest BCUT2D eigenvalue weighted by Gasteiger charge is -2.30. The van der Waals surface area contributed by atoms with Gasteiger partial charge in [-0.15, -0.1) is 24.0 Å². The minimum atomic E-state index is 0. The lowest BCUT2D eigenvalue weighted by Crippen LogP contribution is -2.43. The zero-order valence-corrected chi connectivity index (χ0v) is 20.3. The van der Waals surface area contributed by atoms with Gasteiger partial charge >= 0.3 is 0 Å². The molecule has 1 aliphatic heterocycles. The van der Waals surface area contributed by atoms with Gasteiger partial charge in [-0.25, -0.2) is 4.99 Å².